The maximum absolute atomic E-state index is 12.3. The van der Waals surface area contributed by atoms with Crippen LogP contribution in [0, 0.1) is 0 Å². The molecule has 0 aromatic heterocycles. The second-order valence-electron chi connectivity index (χ2n) is 9.81. The molecule has 0 aliphatic carbocycles. The molecule has 0 bridgehead atoms. The number of hydrogen-bond acceptors (Lipinski definition) is 3. The monoisotopic (exact) mass is 527 g/mol. The number of carbonyl (C=O) groups is 1. The number of methoxy groups -OCH3 is 1. The standard InChI is InChI=1S/C26H46BrNO3Si/c1-9-10-11-12-13-14-15-26(29)28-18-22-16-24(30-8)25(17-23(22)27)31-32(19(2)3,20(4)5)21(6)7/h16-17,19-21H,9-15,18H2,1-8H3,(H,28,29). The van der Waals surface area contributed by atoms with Crippen molar-refractivity contribution < 1.29 is 14.0 Å². The van der Waals surface area contributed by atoms with Crippen molar-refractivity contribution in [3.8, 4) is 11.5 Å². The number of rotatable bonds is 15. The molecule has 4 nitrogen and oxygen atoms in total. The van der Waals surface area contributed by atoms with Gasteiger partial charge in [0.2, 0.25) is 5.91 Å². The predicted molar refractivity (Wildman–Crippen MR) is 142 cm³/mol. The number of amides is 1. The molecule has 0 heterocycles. The van der Waals surface area contributed by atoms with Crippen molar-refractivity contribution in [3.63, 3.8) is 0 Å². The summed E-state index contributed by atoms with van der Waals surface area (Å²) in [4.78, 5) is 12.3. The zero-order valence-corrected chi connectivity index (χ0v) is 24.2. The topological polar surface area (TPSA) is 47.6 Å². The lowest BCUT2D eigenvalue weighted by atomic mass is 10.1. The van der Waals surface area contributed by atoms with Crippen LogP contribution in [0.3, 0.4) is 0 Å². The number of nitrogens with one attached hydrogen (secondary N) is 1. The molecular weight excluding hydrogens is 482 g/mol. The minimum absolute atomic E-state index is 0.109. The van der Waals surface area contributed by atoms with Gasteiger partial charge in [0.25, 0.3) is 8.32 Å². The molecule has 0 unspecified atom stereocenters. The van der Waals surface area contributed by atoms with Gasteiger partial charge in [-0.05, 0) is 40.7 Å². The highest BCUT2D eigenvalue weighted by molar-refractivity contribution is 9.10. The second-order valence-corrected chi connectivity index (χ2v) is 16.0. The molecule has 184 valence electrons. The van der Waals surface area contributed by atoms with E-state index in [0.29, 0.717) is 29.6 Å². The lowest BCUT2D eigenvalue weighted by molar-refractivity contribution is -0.121. The molecule has 0 radical (unpaired) electrons. The summed E-state index contributed by atoms with van der Waals surface area (Å²) in [6, 6.07) is 4.01. The van der Waals surface area contributed by atoms with Gasteiger partial charge in [0.05, 0.1) is 7.11 Å². The van der Waals surface area contributed by atoms with E-state index in [1.54, 1.807) is 7.11 Å². The minimum atomic E-state index is -2.09. The maximum atomic E-state index is 12.3. The van der Waals surface area contributed by atoms with E-state index in [4.69, 9.17) is 9.16 Å². The third-order valence-corrected chi connectivity index (χ3v) is 13.3. The Morgan fingerprint density at radius 2 is 1.50 bits per heavy atom. The van der Waals surface area contributed by atoms with Crippen LogP contribution in [0.4, 0.5) is 0 Å². The van der Waals surface area contributed by atoms with E-state index in [1.807, 2.05) is 12.1 Å². The molecule has 1 aromatic rings. The van der Waals surface area contributed by atoms with Crippen LogP contribution in [-0.2, 0) is 11.3 Å². The molecule has 1 aromatic carbocycles. The maximum Gasteiger partial charge on any atom is 0.258 e. The molecular formula is C26H46BrNO3Si. The lowest BCUT2D eigenvalue weighted by Crippen LogP contribution is -2.50. The summed E-state index contributed by atoms with van der Waals surface area (Å²) in [6.45, 7) is 16.4. The first-order chi connectivity index (χ1) is 15.1. The van der Waals surface area contributed by atoms with Gasteiger partial charge in [-0.25, -0.2) is 0 Å². The van der Waals surface area contributed by atoms with E-state index < -0.39 is 8.32 Å². The number of unbranched alkanes of at least 4 members (excludes halogenated alkanes) is 5. The fourth-order valence-electron chi connectivity index (χ4n) is 4.84. The Morgan fingerprint density at radius 1 is 0.938 bits per heavy atom. The fourth-order valence-corrected chi connectivity index (χ4v) is 10.6. The second kappa shape index (κ2) is 14.3. The summed E-state index contributed by atoms with van der Waals surface area (Å²) in [7, 11) is -0.410. The Hall–Kier alpha value is -1.01. The first kappa shape index (κ1) is 29.0. The molecule has 1 amide bonds. The van der Waals surface area contributed by atoms with E-state index >= 15 is 0 Å². The zero-order chi connectivity index (χ0) is 24.3. The van der Waals surface area contributed by atoms with Crippen LogP contribution in [0.15, 0.2) is 16.6 Å². The predicted octanol–water partition coefficient (Wildman–Crippen LogP) is 8.38. The number of hydrogen-bond donors (Lipinski definition) is 1. The minimum Gasteiger partial charge on any atom is -0.540 e. The van der Waals surface area contributed by atoms with Gasteiger partial charge in [0.15, 0.2) is 5.75 Å². The van der Waals surface area contributed by atoms with Crippen LogP contribution < -0.4 is 14.5 Å². The van der Waals surface area contributed by atoms with Gasteiger partial charge in [-0.15, -0.1) is 0 Å². The summed E-state index contributed by atoms with van der Waals surface area (Å²) in [5.74, 6) is 1.63. The summed E-state index contributed by atoms with van der Waals surface area (Å²) >= 11 is 3.70. The van der Waals surface area contributed by atoms with E-state index in [2.05, 4.69) is 69.7 Å². The highest BCUT2D eigenvalue weighted by Crippen LogP contribution is 2.45. The van der Waals surface area contributed by atoms with Crippen molar-refractivity contribution in [1.82, 2.24) is 5.32 Å². The van der Waals surface area contributed by atoms with Crippen LogP contribution in [0.1, 0.15) is 99.0 Å². The fraction of sp³-hybridized carbons (Fsp3) is 0.731. The molecule has 0 saturated heterocycles. The molecule has 0 atom stereocenters. The van der Waals surface area contributed by atoms with Crippen LogP contribution >= 0.6 is 15.9 Å². The Balaban J connectivity index is 2.85. The summed E-state index contributed by atoms with van der Waals surface area (Å²) in [5.41, 5.74) is 2.43. The molecule has 0 aliphatic rings. The number of halogens is 1. The number of carbonyl (C=O) groups excluding carboxylic acids is 1. The van der Waals surface area contributed by atoms with E-state index in [9.17, 15) is 4.79 Å². The van der Waals surface area contributed by atoms with Gasteiger partial charge in [-0.3, -0.25) is 4.79 Å². The van der Waals surface area contributed by atoms with Crippen molar-refractivity contribution in [2.24, 2.45) is 0 Å². The molecule has 32 heavy (non-hydrogen) atoms. The van der Waals surface area contributed by atoms with Gasteiger partial charge >= 0.3 is 0 Å². The summed E-state index contributed by atoms with van der Waals surface area (Å²) in [5, 5.41) is 3.06. The van der Waals surface area contributed by atoms with E-state index in [1.165, 1.54) is 25.7 Å². The van der Waals surface area contributed by atoms with Crippen molar-refractivity contribution in [1.29, 1.82) is 0 Å². The van der Waals surface area contributed by atoms with E-state index in [0.717, 1.165) is 34.4 Å². The Kier molecular flexibility index (Phi) is 13.0. The lowest BCUT2D eigenvalue weighted by Gasteiger charge is -2.42. The Morgan fingerprint density at radius 3 is 2.03 bits per heavy atom. The highest BCUT2D eigenvalue weighted by atomic mass is 79.9. The van der Waals surface area contributed by atoms with Gasteiger partial charge in [-0.1, -0.05) is 96.5 Å². The number of ether oxygens (including phenoxy) is 1. The van der Waals surface area contributed by atoms with Crippen LogP contribution in [0.5, 0.6) is 11.5 Å². The van der Waals surface area contributed by atoms with Gasteiger partial charge in [-0.2, -0.15) is 0 Å². The van der Waals surface area contributed by atoms with Gasteiger partial charge in [0.1, 0.15) is 5.75 Å². The molecule has 0 fully saturated rings. The third kappa shape index (κ3) is 8.09. The SMILES string of the molecule is CCCCCCCCC(=O)NCc1cc(OC)c(O[Si](C(C)C)(C(C)C)C(C)C)cc1Br. The molecule has 0 aliphatic heterocycles. The average Bonchev–Trinajstić information content (AvgIpc) is 2.72. The van der Waals surface area contributed by atoms with Crippen molar-refractivity contribution in [2.45, 2.75) is 117 Å². The molecule has 0 saturated carbocycles. The first-order valence-electron chi connectivity index (χ1n) is 12.4. The quantitative estimate of drug-likeness (QED) is 0.184. The van der Waals surface area contributed by atoms with Crippen LogP contribution in [0.25, 0.3) is 0 Å². The van der Waals surface area contributed by atoms with Crippen LogP contribution in [-0.4, -0.2) is 21.3 Å². The van der Waals surface area contributed by atoms with Crippen molar-refractivity contribution in [2.75, 3.05) is 7.11 Å². The highest BCUT2D eigenvalue weighted by Gasteiger charge is 2.47. The van der Waals surface area contributed by atoms with Crippen LogP contribution in [0.2, 0.25) is 16.6 Å². The van der Waals surface area contributed by atoms with Crippen molar-refractivity contribution >= 4 is 30.2 Å². The van der Waals surface area contributed by atoms with E-state index in [-0.39, 0.29) is 5.91 Å². The third-order valence-electron chi connectivity index (χ3n) is 6.56. The molecule has 0 spiro atoms. The van der Waals surface area contributed by atoms with Gasteiger partial charge in [0, 0.05) is 17.4 Å². The average molecular weight is 529 g/mol. The van der Waals surface area contributed by atoms with Crippen molar-refractivity contribution in [3.05, 3.63) is 22.2 Å². The molecule has 1 N–H and O–H groups in total. The summed E-state index contributed by atoms with van der Waals surface area (Å²) in [6.07, 6.45) is 7.71. The zero-order valence-electron chi connectivity index (χ0n) is 21.6. The molecule has 1 rings (SSSR count). The Bertz CT molecular complexity index is 685. The summed E-state index contributed by atoms with van der Waals surface area (Å²) < 4.78 is 13.5. The first-order valence-corrected chi connectivity index (χ1v) is 15.3. The normalized spacial score (nSPS) is 12.0. The van der Waals surface area contributed by atoms with Gasteiger partial charge < -0.3 is 14.5 Å². The smallest absolute Gasteiger partial charge is 0.258 e. The number of benzene rings is 1. The Labute approximate surface area is 206 Å². The largest absolute Gasteiger partial charge is 0.540 e. The molecule has 6 heteroatoms.